The van der Waals surface area contributed by atoms with E-state index in [1.165, 1.54) is 0 Å². The minimum absolute atomic E-state index is 0.122. The van der Waals surface area contributed by atoms with Crippen LogP contribution in [0.2, 0.25) is 0 Å². The number of anilines is 1. The number of benzene rings is 1. The van der Waals surface area contributed by atoms with Gasteiger partial charge in [0.1, 0.15) is 5.60 Å². The van der Waals surface area contributed by atoms with Gasteiger partial charge in [-0.1, -0.05) is 0 Å². The summed E-state index contributed by atoms with van der Waals surface area (Å²) in [5.74, 6) is 0. The van der Waals surface area contributed by atoms with Crippen LogP contribution in [-0.2, 0) is 4.74 Å². The van der Waals surface area contributed by atoms with Gasteiger partial charge < -0.3 is 15.0 Å². The van der Waals surface area contributed by atoms with Crippen molar-refractivity contribution in [2.45, 2.75) is 46.3 Å². The summed E-state index contributed by atoms with van der Waals surface area (Å²) in [5, 5.41) is 14.3. The first-order chi connectivity index (χ1) is 10.6. The maximum atomic E-state index is 11.9. The van der Waals surface area contributed by atoms with Gasteiger partial charge >= 0.3 is 6.09 Å². The highest BCUT2D eigenvalue weighted by Crippen LogP contribution is 2.27. The first-order valence-corrected chi connectivity index (χ1v) is 7.57. The van der Waals surface area contributed by atoms with Crippen molar-refractivity contribution in [2.24, 2.45) is 0 Å². The second kappa shape index (κ2) is 6.06. The van der Waals surface area contributed by atoms with E-state index < -0.39 is 5.60 Å². The number of carbonyl (C=O) groups is 1. The molecule has 1 heterocycles. The number of rotatable bonds is 3. The molecular weight excluding hydrogens is 298 g/mol. The molecule has 1 aliphatic heterocycles. The Kier molecular flexibility index (Phi) is 4.49. The highest BCUT2D eigenvalue weighted by molar-refractivity contribution is 5.70. The lowest BCUT2D eigenvalue weighted by Gasteiger charge is -2.40. The van der Waals surface area contributed by atoms with E-state index in [2.05, 4.69) is 5.32 Å². The molecule has 126 valence electrons. The molecule has 0 unspecified atom stereocenters. The fraction of sp³-hybridized carbons (Fsp3) is 0.562. The number of hydrogen-bond acceptors (Lipinski definition) is 5. The summed E-state index contributed by atoms with van der Waals surface area (Å²) in [6, 6.07) is 3.48. The fourth-order valence-corrected chi connectivity index (χ4v) is 2.42. The maximum absolute atomic E-state index is 11.9. The first-order valence-electron chi connectivity index (χ1n) is 7.57. The van der Waals surface area contributed by atoms with Gasteiger partial charge in [0.25, 0.3) is 5.69 Å². The van der Waals surface area contributed by atoms with Gasteiger partial charge in [-0.15, -0.1) is 0 Å². The second-order valence-corrected chi connectivity index (χ2v) is 6.94. The molecule has 23 heavy (non-hydrogen) atoms. The second-order valence-electron chi connectivity index (χ2n) is 6.94. The number of hydrogen-bond donors (Lipinski definition) is 1. The molecule has 1 saturated heterocycles. The summed E-state index contributed by atoms with van der Waals surface area (Å²) < 4.78 is 5.31. The molecule has 0 spiro atoms. The average Bonchev–Trinajstić information content (AvgIpc) is 2.33. The fourth-order valence-electron chi connectivity index (χ4n) is 2.42. The van der Waals surface area contributed by atoms with Gasteiger partial charge in [-0.3, -0.25) is 10.1 Å². The number of nitrogens with one attached hydrogen (secondary N) is 1. The zero-order valence-corrected chi connectivity index (χ0v) is 14.2. The molecule has 0 aliphatic carbocycles. The van der Waals surface area contributed by atoms with Crippen LogP contribution in [0.4, 0.5) is 16.2 Å². The Morgan fingerprint density at radius 3 is 2.43 bits per heavy atom. The normalized spacial score (nSPS) is 15.1. The number of nitro benzene ring substituents is 1. The zero-order chi connectivity index (χ0) is 17.4. The van der Waals surface area contributed by atoms with Crippen LogP contribution >= 0.6 is 0 Å². The SMILES string of the molecule is Cc1cc([N+](=O)[O-])c(C)cc1NC1CN(C(=O)OC(C)(C)C)C1. The molecule has 1 aromatic carbocycles. The summed E-state index contributed by atoms with van der Waals surface area (Å²) >= 11 is 0. The van der Waals surface area contributed by atoms with Crippen LogP contribution < -0.4 is 5.32 Å². The minimum atomic E-state index is -0.498. The number of ether oxygens (including phenoxy) is 1. The van der Waals surface area contributed by atoms with Crippen LogP contribution in [0.5, 0.6) is 0 Å². The van der Waals surface area contributed by atoms with Gasteiger partial charge in [-0.2, -0.15) is 0 Å². The van der Waals surface area contributed by atoms with Gasteiger partial charge in [0.2, 0.25) is 0 Å². The lowest BCUT2D eigenvalue weighted by Crippen LogP contribution is -2.58. The molecule has 0 radical (unpaired) electrons. The third-order valence-corrected chi connectivity index (χ3v) is 3.63. The van der Waals surface area contributed by atoms with Crippen molar-refractivity contribution in [3.05, 3.63) is 33.4 Å². The molecule has 1 N–H and O–H groups in total. The van der Waals surface area contributed by atoms with Gasteiger partial charge in [0.15, 0.2) is 0 Å². The smallest absolute Gasteiger partial charge is 0.410 e. The van der Waals surface area contributed by atoms with E-state index in [-0.39, 0.29) is 22.7 Å². The van der Waals surface area contributed by atoms with Crippen LogP contribution in [0.3, 0.4) is 0 Å². The molecule has 1 aliphatic rings. The van der Waals surface area contributed by atoms with E-state index in [1.54, 1.807) is 24.0 Å². The van der Waals surface area contributed by atoms with E-state index in [0.29, 0.717) is 18.7 Å². The van der Waals surface area contributed by atoms with E-state index in [9.17, 15) is 14.9 Å². The van der Waals surface area contributed by atoms with Crippen molar-refractivity contribution >= 4 is 17.5 Å². The van der Waals surface area contributed by atoms with E-state index >= 15 is 0 Å². The summed E-state index contributed by atoms with van der Waals surface area (Å²) in [4.78, 5) is 24.1. The Bertz CT molecular complexity index is 631. The third-order valence-electron chi connectivity index (χ3n) is 3.63. The number of carbonyl (C=O) groups excluding carboxylic acids is 1. The molecule has 2 rings (SSSR count). The molecule has 0 saturated carbocycles. The molecule has 7 heteroatoms. The zero-order valence-electron chi connectivity index (χ0n) is 14.2. The number of likely N-dealkylation sites (tertiary alicyclic amines) is 1. The van der Waals surface area contributed by atoms with Crippen LogP contribution in [0.15, 0.2) is 12.1 Å². The monoisotopic (exact) mass is 321 g/mol. The number of amides is 1. The summed E-state index contributed by atoms with van der Waals surface area (Å²) in [6.45, 7) is 10.2. The molecule has 0 aromatic heterocycles. The van der Waals surface area contributed by atoms with Crippen molar-refractivity contribution in [2.75, 3.05) is 18.4 Å². The van der Waals surface area contributed by atoms with Crippen LogP contribution in [0.1, 0.15) is 31.9 Å². The highest BCUT2D eigenvalue weighted by Gasteiger charge is 2.33. The number of nitro groups is 1. The molecule has 7 nitrogen and oxygen atoms in total. The van der Waals surface area contributed by atoms with Crippen LogP contribution in [-0.4, -0.2) is 40.6 Å². The number of aryl methyl sites for hydroxylation is 2. The van der Waals surface area contributed by atoms with Gasteiger partial charge in [0.05, 0.1) is 11.0 Å². The quantitative estimate of drug-likeness (QED) is 0.682. The van der Waals surface area contributed by atoms with E-state index in [0.717, 1.165) is 11.3 Å². The lowest BCUT2D eigenvalue weighted by atomic mass is 10.1. The Labute approximate surface area is 135 Å². The van der Waals surface area contributed by atoms with Crippen LogP contribution in [0, 0.1) is 24.0 Å². The van der Waals surface area contributed by atoms with Gasteiger partial charge in [-0.25, -0.2) is 4.79 Å². The van der Waals surface area contributed by atoms with Crippen molar-refractivity contribution < 1.29 is 14.5 Å². The van der Waals surface area contributed by atoms with Crippen LogP contribution in [0.25, 0.3) is 0 Å². The van der Waals surface area contributed by atoms with E-state index in [1.807, 2.05) is 27.7 Å². The Morgan fingerprint density at radius 1 is 1.30 bits per heavy atom. The summed E-state index contributed by atoms with van der Waals surface area (Å²) in [5.41, 5.74) is 1.92. The molecule has 0 atom stereocenters. The van der Waals surface area contributed by atoms with Crippen molar-refractivity contribution in [1.29, 1.82) is 0 Å². The molecular formula is C16H23N3O4. The largest absolute Gasteiger partial charge is 0.444 e. The first kappa shape index (κ1) is 17.1. The van der Waals surface area contributed by atoms with Crippen molar-refractivity contribution in [1.82, 2.24) is 4.90 Å². The highest BCUT2D eigenvalue weighted by atomic mass is 16.6. The van der Waals surface area contributed by atoms with Gasteiger partial charge in [-0.05, 0) is 46.2 Å². The lowest BCUT2D eigenvalue weighted by molar-refractivity contribution is -0.385. The summed E-state index contributed by atoms with van der Waals surface area (Å²) in [6.07, 6.45) is -0.313. The topological polar surface area (TPSA) is 84.7 Å². The predicted molar refractivity (Wildman–Crippen MR) is 87.8 cm³/mol. The predicted octanol–water partition coefficient (Wildman–Crippen LogP) is 3.24. The van der Waals surface area contributed by atoms with E-state index in [4.69, 9.17) is 4.74 Å². The molecule has 1 amide bonds. The Hall–Kier alpha value is -2.31. The Morgan fingerprint density at radius 2 is 1.91 bits per heavy atom. The molecule has 1 aromatic rings. The molecule has 1 fully saturated rings. The van der Waals surface area contributed by atoms with Crippen molar-refractivity contribution in [3.8, 4) is 0 Å². The maximum Gasteiger partial charge on any atom is 0.410 e. The Balaban J connectivity index is 1.95. The standard InChI is InChI=1S/C16H23N3O4/c1-10-7-14(19(21)22)11(2)6-13(10)17-12-8-18(9-12)15(20)23-16(3,4)5/h6-7,12,17H,8-9H2,1-5H3. The number of nitrogens with zero attached hydrogens (tertiary/aromatic N) is 2. The van der Waals surface area contributed by atoms with Crippen molar-refractivity contribution in [3.63, 3.8) is 0 Å². The summed E-state index contributed by atoms with van der Waals surface area (Å²) in [7, 11) is 0. The molecule has 0 bridgehead atoms. The van der Waals surface area contributed by atoms with Gasteiger partial charge in [0, 0.05) is 30.4 Å². The minimum Gasteiger partial charge on any atom is -0.444 e. The third kappa shape index (κ3) is 4.12. The average molecular weight is 321 g/mol.